The van der Waals surface area contributed by atoms with E-state index >= 15 is 0 Å². The number of carbonyl (C=O) groups excluding carboxylic acids is 1. The standard InChI is InChI=1S/C24H30N4O4/c1-5-6-13-27-20(25)19(21(29)26-23(27)31)28(15-18-8-7-14-32-18)22(30)16-9-11-17(12-10-16)24(2,3)4/h7-12,14H,5-6,13,15,25H2,1-4H3,(H,26,29,31). The number of H-pyrrole nitrogens is 1. The molecular weight excluding hydrogens is 408 g/mol. The molecule has 8 heteroatoms. The fourth-order valence-corrected chi connectivity index (χ4v) is 3.46. The van der Waals surface area contributed by atoms with Crippen molar-refractivity contribution in [3.63, 3.8) is 0 Å². The molecule has 0 bridgehead atoms. The van der Waals surface area contributed by atoms with Crippen molar-refractivity contribution < 1.29 is 9.21 Å². The number of aromatic nitrogens is 2. The zero-order valence-corrected chi connectivity index (χ0v) is 19.0. The minimum absolute atomic E-state index is 0.00782. The first-order valence-corrected chi connectivity index (χ1v) is 10.7. The Balaban J connectivity index is 2.10. The van der Waals surface area contributed by atoms with Crippen molar-refractivity contribution >= 4 is 17.4 Å². The van der Waals surface area contributed by atoms with E-state index in [0.29, 0.717) is 24.3 Å². The third-order valence-electron chi connectivity index (χ3n) is 5.36. The van der Waals surface area contributed by atoms with Crippen LogP contribution in [-0.2, 0) is 18.5 Å². The van der Waals surface area contributed by atoms with Crippen molar-refractivity contribution in [3.8, 4) is 0 Å². The summed E-state index contributed by atoms with van der Waals surface area (Å²) in [7, 11) is 0. The number of rotatable bonds is 7. The first-order valence-electron chi connectivity index (χ1n) is 10.7. The fraction of sp³-hybridized carbons (Fsp3) is 0.375. The summed E-state index contributed by atoms with van der Waals surface area (Å²) < 4.78 is 6.72. The quantitative estimate of drug-likeness (QED) is 0.584. The molecule has 3 rings (SSSR count). The molecule has 0 saturated carbocycles. The van der Waals surface area contributed by atoms with Gasteiger partial charge in [-0.1, -0.05) is 46.2 Å². The number of furan rings is 1. The molecule has 3 N–H and O–H groups in total. The lowest BCUT2D eigenvalue weighted by atomic mass is 9.86. The molecule has 0 aliphatic carbocycles. The van der Waals surface area contributed by atoms with Crippen LogP contribution in [0.15, 0.2) is 56.7 Å². The van der Waals surface area contributed by atoms with E-state index in [0.717, 1.165) is 12.0 Å². The molecule has 1 amide bonds. The number of amides is 1. The molecule has 0 fully saturated rings. The number of anilines is 2. The van der Waals surface area contributed by atoms with Crippen molar-refractivity contribution in [1.82, 2.24) is 9.55 Å². The van der Waals surface area contributed by atoms with Crippen molar-refractivity contribution in [2.45, 2.75) is 59.0 Å². The Labute approximate surface area is 186 Å². The van der Waals surface area contributed by atoms with E-state index in [1.54, 1.807) is 24.3 Å². The number of hydrogen-bond acceptors (Lipinski definition) is 5. The topological polar surface area (TPSA) is 114 Å². The lowest BCUT2D eigenvalue weighted by Gasteiger charge is -2.24. The number of aromatic amines is 1. The Morgan fingerprint density at radius 2 is 1.84 bits per heavy atom. The Morgan fingerprint density at radius 1 is 1.16 bits per heavy atom. The highest BCUT2D eigenvalue weighted by atomic mass is 16.3. The highest BCUT2D eigenvalue weighted by Gasteiger charge is 2.26. The molecule has 0 aliphatic rings. The average Bonchev–Trinajstić information content (AvgIpc) is 3.25. The Kier molecular flexibility index (Phi) is 6.72. The normalized spacial score (nSPS) is 11.5. The van der Waals surface area contributed by atoms with Gasteiger partial charge in [0, 0.05) is 12.1 Å². The van der Waals surface area contributed by atoms with Crippen LogP contribution in [0.2, 0.25) is 0 Å². The van der Waals surface area contributed by atoms with Crippen LogP contribution < -0.4 is 21.9 Å². The lowest BCUT2D eigenvalue weighted by molar-refractivity contribution is 0.0983. The van der Waals surface area contributed by atoms with Gasteiger partial charge in [0.2, 0.25) is 0 Å². The van der Waals surface area contributed by atoms with Crippen LogP contribution in [0.25, 0.3) is 0 Å². The summed E-state index contributed by atoms with van der Waals surface area (Å²) in [5.41, 5.74) is 6.31. The minimum Gasteiger partial charge on any atom is -0.467 e. The summed E-state index contributed by atoms with van der Waals surface area (Å²) in [4.78, 5) is 42.2. The maximum atomic E-state index is 13.5. The van der Waals surface area contributed by atoms with E-state index in [4.69, 9.17) is 10.2 Å². The predicted molar refractivity (Wildman–Crippen MR) is 125 cm³/mol. The summed E-state index contributed by atoms with van der Waals surface area (Å²) in [6.07, 6.45) is 3.04. The SMILES string of the molecule is CCCCn1c(N)c(N(Cc2ccco2)C(=O)c2ccc(C(C)(C)C)cc2)c(=O)[nH]c1=O. The molecule has 0 radical (unpaired) electrons. The summed E-state index contributed by atoms with van der Waals surface area (Å²) in [5.74, 6) is 0.0212. The smallest absolute Gasteiger partial charge is 0.330 e. The van der Waals surface area contributed by atoms with Gasteiger partial charge in [-0.25, -0.2) is 4.79 Å². The van der Waals surface area contributed by atoms with Crippen LogP contribution in [0.4, 0.5) is 11.5 Å². The van der Waals surface area contributed by atoms with Gasteiger partial charge >= 0.3 is 5.69 Å². The Morgan fingerprint density at radius 3 is 2.41 bits per heavy atom. The number of benzene rings is 1. The minimum atomic E-state index is -0.716. The van der Waals surface area contributed by atoms with Crippen LogP contribution >= 0.6 is 0 Å². The van der Waals surface area contributed by atoms with Crippen LogP contribution in [0.5, 0.6) is 0 Å². The largest absolute Gasteiger partial charge is 0.467 e. The number of hydrogen-bond donors (Lipinski definition) is 2. The van der Waals surface area contributed by atoms with Gasteiger partial charge in [-0.15, -0.1) is 0 Å². The molecule has 0 atom stereocenters. The van der Waals surface area contributed by atoms with E-state index in [1.165, 1.54) is 15.7 Å². The number of nitrogens with one attached hydrogen (secondary N) is 1. The van der Waals surface area contributed by atoms with Crippen molar-refractivity contribution in [2.75, 3.05) is 10.6 Å². The summed E-state index contributed by atoms with van der Waals surface area (Å²) >= 11 is 0. The molecule has 170 valence electrons. The van der Waals surface area contributed by atoms with Gasteiger partial charge in [0.25, 0.3) is 11.5 Å². The van der Waals surface area contributed by atoms with Gasteiger partial charge in [-0.2, -0.15) is 0 Å². The first kappa shape index (κ1) is 23.1. The van der Waals surface area contributed by atoms with Gasteiger partial charge in [-0.05, 0) is 41.7 Å². The lowest BCUT2D eigenvalue weighted by Crippen LogP contribution is -2.41. The van der Waals surface area contributed by atoms with Crippen molar-refractivity contribution in [2.24, 2.45) is 0 Å². The molecule has 1 aromatic carbocycles. The van der Waals surface area contributed by atoms with E-state index in [1.807, 2.05) is 19.1 Å². The number of nitrogens with zero attached hydrogens (tertiary/aromatic N) is 2. The molecule has 32 heavy (non-hydrogen) atoms. The monoisotopic (exact) mass is 438 g/mol. The van der Waals surface area contributed by atoms with E-state index in [2.05, 4.69) is 25.8 Å². The fourth-order valence-electron chi connectivity index (χ4n) is 3.46. The van der Waals surface area contributed by atoms with Crippen molar-refractivity contribution in [3.05, 3.63) is 80.4 Å². The van der Waals surface area contributed by atoms with Crippen LogP contribution in [0.3, 0.4) is 0 Å². The van der Waals surface area contributed by atoms with Crippen LogP contribution in [0, 0.1) is 0 Å². The third-order valence-corrected chi connectivity index (χ3v) is 5.36. The van der Waals surface area contributed by atoms with Gasteiger partial charge in [0.05, 0.1) is 12.8 Å². The molecule has 2 aromatic heterocycles. The van der Waals surface area contributed by atoms with E-state index < -0.39 is 17.2 Å². The zero-order valence-electron chi connectivity index (χ0n) is 19.0. The zero-order chi connectivity index (χ0) is 23.5. The van der Waals surface area contributed by atoms with Crippen LogP contribution in [0.1, 0.15) is 62.2 Å². The second kappa shape index (κ2) is 9.30. The predicted octanol–water partition coefficient (Wildman–Crippen LogP) is 3.66. The van der Waals surface area contributed by atoms with E-state index in [-0.39, 0.29) is 23.5 Å². The highest BCUT2D eigenvalue weighted by molar-refractivity contribution is 6.07. The van der Waals surface area contributed by atoms with Gasteiger partial charge in [0.1, 0.15) is 11.6 Å². The number of carbonyl (C=O) groups is 1. The molecular formula is C24H30N4O4. The Bertz CT molecular complexity index is 1180. The third kappa shape index (κ3) is 4.85. The molecule has 2 heterocycles. The molecule has 8 nitrogen and oxygen atoms in total. The van der Waals surface area contributed by atoms with Gasteiger partial charge in [-0.3, -0.25) is 24.0 Å². The van der Waals surface area contributed by atoms with Gasteiger partial charge in [0.15, 0.2) is 5.69 Å². The Hall–Kier alpha value is -3.55. The number of nitrogen functional groups attached to an aromatic ring is 1. The van der Waals surface area contributed by atoms with Crippen molar-refractivity contribution in [1.29, 1.82) is 0 Å². The van der Waals surface area contributed by atoms with Gasteiger partial charge < -0.3 is 10.2 Å². The second-order valence-electron chi connectivity index (χ2n) is 8.80. The van der Waals surface area contributed by atoms with Crippen LogP contribution in [-0.4, -0.2) is 15.5 Å². The average molecular weight is 439 g/mol. The molecule has 0 aliphatic heterocycles. The number of nitrogens with two attached hydrogens (primary N) is 1. The maximum Gasteiger partial charge on any atom is 0.330 e. The molecule has 3 aromatic rings. The second-order valence-corrected chi connectivity index (χ2v) is 8.80. The maximum absolute atomic E-state index is 13.5. The summed E-state index contributed by atoms with van der Waals surface area (Å²) in [5, 5.41) is 0. The first-order chi connectivity index (χ1) is 15.1. The summed E-state index contributed by atoms with van der Waals surface area (Å²) in [6.45, 7) is 8.59. The van der Waals surface area contributed by atoms with E-state index in [9.17, 15) is 14.4 Å². The highest BCUT2D eigenvalue weighted by Crippen LogP contribution is 2.25. The molecule has 0 spiro atoms. The number of unbranched alkanes of at least 4 members (excludes halogenated alkanes) is 1. The molecule has 0 unspecified atom stereocenters. The molecule has 0 saturated heterocycles. The summed E-state index contributed by atoms with van der Waals surface area (Å²) in [6, 6.07) is 10.7.